The molecule has 174 valence electrons. The van der Waals surface area contributed by atoms with Gasteiger partial charge in [-0.15, -0.1) is 0 Å². The number of aromatic nitrogens is 1. The van der Waals surface area contributed by atoms with E-state index >= 15 is 0 Å². The number of aryl methyl sites for hydroxylation is 1. The Morgan fingerprint density at radius 2 is 1.91 bits per heavy atom. The number of hydrogen-bond donors (Lipinski definition) is 1. The minimum absolute atomic E-state index is 0.0682. The molecule has 0 amide bonds. The summed E-state index contributed by atoms with van der Waals surface area (Å²) in [5, 5.41) is 9.87. The summed E-state index contributed by atoms with van der Waals surface area (Å²) in [5.74, 6) is 0.988. The lowest BCUT2D eigenvalue weighted by atomic mass is 9.83. The number of ether oxygens (including phenoxy) is 1. The molecule has 0 bridgehead atoms. The van der Waals surface area contributed by atoms with Gasteiger partial charge in [0.15, 0.2) is 4.80 Å². The van der Waals surface area contributed by atoms with Crippen LogP contribution >= 0.6 is 11.3 Å². The Labute approximate surface area is 206 Å². The van der Waals surface area contributed by atoms with E-state index < -0.39 is 0 Å². The van der Waals surface area contributed by atoms with Gasteiger partial charge in [-0.1, -0.05) is 59.9 Å². The topological polar surface area (TPSA) is 63.8 Å². The number of fused-ring (bicyclic) bond motifs is 3. The molecule has 1 aliphatic heterocycles. The quantitative estimate of drug-likeness (QED) is 0.470. The zero-order chi connectivity index (χ0) is 23.9. The van der Waals surface area contributed by atoms with E-state index in [1.54, 1.807) is 18.2 Å². The molecule has 0 radical (unpaired) electrons. The van der Waals surface area contributed by atoms with E-state index in [2.05, 4.69) is 30.3 Å². The monoisotopic (exact) mass is 480 g/mol. The molecule has 2 aliphatic rings. The summed E-state index contributed by atoms with van der Waals surface area (Å²) in [7, 11) is 0. The number of benzene rings is 3. The van der Waals surface area contributed by atoms with Gasteiger partial charge in [0.2, 0.25) is 0 Å². The van der Waals surface area contributed by atoms with Crippen molar-refractivity contribution in [1.29, 1.82) is 0 Å². The van der Waals surface area contributed by atoms with Gasteiger partial charge in [-0.05, 0) is 72.4 Å². The first-order valence-electron chi connectivity index (χ1n) is 11.8. The van der Waals surface area contributed by atoms with E-state index in [1.165, 1.54) is 22.5 Å². The molecule has 5 nitrogen and oxygen atoms in total. The number of aromatic hydroxyl groups is 1. The predicted molar refractivity (Wildman–Crippen MR) is 138 cm³/mol. The Hall–Kier alpha value is -3.90. The van der Waals surface area contributed by atoms with Crippen molar-refractivity contribution in [1.82, 2.24) is 4.57 Å². The van der Waals surface area contributed by atoms with Gasteiger partial charge in [0.25, 0.3) is 5.56 Å². The van der Waals surface area contributed by atoms with Crippen LogP contribution in [0.1, 0.15) is 41.6 Å². The molecule has 0 fully saturated rings. The van der Waals surface area contributed by atoms with Gasteiger partial charge in [-0.3, -0.25) is 9.36 Å². The number of thiazole rings is 1. The summed E-state index contributed by atoms with van der Waals surface area (Å²) in [5.41, 5.74) is 6.35. The summed E-state index contributed by atoms with van der Waals surface area (Å²) >= 11 is 1.39. The Morgan fingerprint density at radius 3 is 2.71 bits per heavy atom. The molecule has 3 aromatic carbocycles. The zero-order valence-electron chi connectivity index (χ0n) is 19.3. The Balaban J connectivity index is 1.59. The number of phenolic OH excluding ortho intramolecular Hbond substituents is 1. The van der Waals surface area contributed by atoms with Gasteiger partial charge in [-0.2, -0.15) is 0 Å². The van der Waals surface area contributed by atoms with Crippen LogP contribution in [0, 0.1) is 0 Å². The normalized spacial score (nSPS) is 16.8. The summed E-state index contributed by atoms with van der Waals surface area (Å²) < 4.78 is 8.08. The molecule has 0 saturated carbocycles. The molecule has 0 saturated heterocycles. The second-order valence-electron chi connectivity index (χ2n) is 8.71. The van der Waals surface area contributed by atoms with Crippen LogP contribution in [0.5, 0.6) is 11.5 Å². The van der Waals surface area contributed by atoms with Crippen LogP contribution in [0.25, 0.3) is 11.8 Å². The Morgan fingerprint density at radius 1 is 1.09 bits per heavy atom. The number of nitrogens with zero attached hydrogens (tertiary/aromatic N) is 2. The fraction of sp³-hybridized carbons (Fsp3) is 0.172. The first-order valence-corrected chi connectivity index (χ1v) is 12.6. The third-order valence-electron chi connectivity index (χ3n) is 6.55. The van der Waals surface area contributed by atoms with E-state index in [4.69, 9.17) is 9.73 Å². The van der Waals surface area contributed by atoms with Crippen molar-refractivity contribution in [3.8, 4) is 11.5 Å². The van der Waals surface area contributed by atoms with Gasteiger partial charge >= 0.3 is 0 Å². The number of phenols is 1. The van der Waals surface area contributed by atoms with Crippen molar-refractivity contribution in [3.63, 3.8) is 0 Å². The molecule has 0 spiro atoms. The summed E-state index contributed by atoms with van der Waals surface area (Å²) in [6, 6.07) is 23.2. The fourth-order valence-electron chi connectivity index (χ4n) is 5.00. The average Bonchev–Trinajstić information content (AvgIpc) is 3.18. The van der Waals surface area contributed by atoms with Gasteiger partial charge in [-0.25, -0.2) is 4.99 Å². The van der Waals surface area contributed by atoms with Crippen LogP contribution in [0.3, 0.4) is 0 Å². The van der Waals surface area contributed by atoms with E-state index in [-0.39, 0.29) is 17.4 Å². The minimum atomic E-state index is -0.225. The largest absolute Gasteiger partial charge is 0.508 e. The number of rotatable bonds is 4. The molecule has 6 rings (SSSR count). The highest BCUT2D eigenvalue weighted by Crippen LogP contribution is 2.41. The average molecular weight is 481 g/mol. The van der Waals surface area contributed by atoms with E-state index in [1.807, 2.05) is 41.8 Å². The zero-order valence-corrected chi connectivity index (χ0v) is 20.1. The highest BCUT2D eigenvalue weighted by atomic mass is 32.1. The predicted octanol–water partition coefficient (Wildman–Crippen LogP) is 4.42. The summed E-state index contributed by atoms with van der Waals surface area (Å²) in [6.45, 7) is 2.57. The minimum Gasteiger partial charge on any atom is -0.508 e. The molecule has 1 unspecified atom stereocenters. The van der Waals surface area contributed by atoms with Crippen molar-refractivity contribution >= 4 is 23.1 Å². The lowest BCUT2D eigenvalue weighted by molar-refractivity contribution is 0.340. The summed E-state index contributed by atoms with van der Waals surface area (Å²) in [4.78, 5) is 19.5. The maximum Gasteiger partial charge on any atom is 0.271 e. The summed E-state index contributed by atoms with van der Waals surface area (Å²) in [6.07, 6.45) is 3.60. The molecule has 1 aromatic heterocycles. The van der Waals surface area contributed by atoms with E-state index in [9.17, 15) is 9.90 Å². The molecular weight excluding hydrogens is 456 g/mol. The molecule has 6 heteroatoms. The van der Waals surface area contributed by atoms with Gasteiger partial charge in [0.05, 0.1) is 22.9 Å². The van der Waals surface area contributed by atoms with Crippen LogP contribution in [0.15, 0.2) is 88.2 Å². The van der Waals surface area contributed by atoms with Crippen LogP contribution in [0.2, 0.25) is 0 Å². The first kappa shape index (κ1) is 21.6. The Bertz CT molecular complexity index is 1640. The number of allylic oxidation sites excluding steroid dienone is 1. The number of hydrogen-bond acceptors (Lipinski definition) is 5. The van der Waals surface area contributed by atoms with Crippen LogP contribution in [0.4, 0.5) is 0 Å². The van der Waals surface area contributed by atoms with Crippen LogP contribution in [-0.4, -0.2) is 16.3 Å². The standard InChI is InChI=1S/C29H24N2O3S/c1-2-34-22-13-10-20(11-14-22)27-24-15-12-19-7-3-4-9-23(19)26(24)30-29-31(27)28(33)25(35-29)17-18-6-5-8-21(32)16-18/h3-11,13-14,16-17,27,32H,2,12,15H2,1H3. The van der Waals surface area contributed by atoms with Gasteiger partial charge in [0.1, 0.15) is 11.5 Å². The molecule has 35 heavy (non-hydrogen) atoms. The lowest BCUT2D eigenvalue weighted by Gasteiger charge is -2.30. The van der Waals surface area contributed by atoms with Crippen molar-refractivity contribution in [2.45, 2.75) is 25.8 Å². The molecule has 1 atom stereocenters. The van der Waals surface area contributed by atoms with E-state index in [0.717, 1.165) is 41.0 Å². The van der Waals surface area contributed by atoms with Gasteiger partial charge in [0, 0.05) is 5.56 Å². The molecule has 1 N–H and O–H groups in total. The molecule has 2 heterocycles. The highest BCUT2D eigenvalue weighted by Gasteiger charge is 2.32. The highest BCUT2D eigenvalue weighted by molar-refractivity contribution is 7.07. The maximum absolute atomic E-state index is 13.7. The first-order chi connectivity index (χ1) is 17.1. The SMILES string of the molecule is CCOc1ccc(C2C3=C(N=c4sc(=Cc5cccc(O)c5)c(=O)n42)c2ccccc2CC3)cc1. The van der Waals surface area contributed by atoms with Crippen molar-refractivity contribution in [3.05, 3.63) is 120 Å². The van der Waals surface area contributed by atoms with E-state index in [0.29, 0.717) is 15.9 Å². The van der Waals surface area contributed by atoms with Crippen molar-refractivity contribution in [2.24, 2.45) is 4.99 Å². The fourth-order valence-corrected chi connectivity index (χ4v) is 6.00. The van der Waals surface area contributed by atoms with Gasteiger partial charge < -0.3 is 9.84 Å². The second kappa shape index (κ2) is 8.71. The van der Waals surface area contributed by atoms with Crippen LogP contribution in [-0.2, 0) is 6.42 Å². The third-order valence-corrected chi connectivity index (χ3v) is 7.53. The molecule has 4 aromatic rings. The second-order valence-corrected chi connectivity index (χ2v) is 9.72. The van der Waals surface area contributed by atoms with Crippen LogP contribution < -0.4 is 19.6 Å². The smallest absolute Gasteiger partial charge is 0.271 e. The third kappa shape index (κ3) is 3.80. The molecular formula is C29H24N2O3S. The lowest BCUT2D eigenvalue weighted by Crippen LogP contribution is -2.38. The Kier molecular flexibility index (Phi) is 5.38. The van der Waals surface area contributed by atoms with Crippen molar-refractivity contribution < 1.29 is 9.84 Å². The molecule has 1 aliphatic carbocycles. The maximum atomic E-state index is 13.7. The van der Waals surface area contributed by atoms with Crippen molar-refractivity contribution in [2.75, 3.05) is 6.61 Å².